The van der Waals surface area contributed by atoms with Crippen LogP contribution >= 0.6 is 15.9 Å². The number of hydrogen-bond donors (Lipinski definition) is 2. The van der Waals surface area contributed by atoms with Gasteiger partial charge in [0.1, 0.15) is 18.0 Å². The van der Waals surface area contributed by atoms with Crippen LogP contribution < -0.4 is 5.73 Å². The molecule has 0 fully saturated rings. The minimum absolute atomic E-state index is 0.198. The summed E-state index contributed by atoms with van der Waals surface area (Å²) in [6, 6.07) is -1.12. The van der Waals surface area contributed by atoms with Gasteiger partial charge in [-0.25, -0.2) is 4.98 Å². The van der Waals surface area contributed by atoms with Gasteiger partial charge in [-0.15, -0.1) is 0 Å². The van der Waals surface area contributed by atoms with Crippen LogP contribution in [0.25, 0.3) is 0 Å². The fraction of sp³-hybridized carbons (Fsp3) is 0.200. The molecule has 11 heavy (non-hydrogen) atoms. The first kappa shape index (κ1) is 8.22. The Hall–Kier alpha value is -0.880. The molecule has 1 unspecified atom stereocenters. The Morgan fingerprint density at radius 1 is 1.91 bits per heavy atom. The maximum atomic E-state index is 10.3. The molecule has 0 aliphatic heterocycles. The first-order valence-corrected chi connectivity index (χ1v) is 3.50. The zero-order valence-corrected chi connectivity index (χ0v) is 6.91. The van der Waals surface area contributed by atoms with Crippen LogP contribution in [0, 0.1) is 0 Å². The second kappa shape index (κ2) is 3.02. The van der Waals surface area contributed by atoms with Crippen molar-refractivity contribution in [3.63, 3.8) is 0 Å². The molecule has 1 heterocycles. The molecule has 6 heteroatoms. The number of carbonyl (C=O) groups is 1. The Labute approximate surface area is 70.3 Å². The Kier molecular flexibility index (Phi) is 2.25. The van der Waals surface area contributed by atoms with E-state index in [2.05, 4.69) is 20.9 Å². The van der Waals surface area contributed by atoms with Crippen LogP contribution in [0.15, 0.2) is 15.5 Å². The molecular formula is C5H5BrN2O3. The highest BCUT2D eigenvalue weighted by molar-refractivity contribution is 9.10. The zero-order chi connectivity index (χ0) is 8.43. The molecular weight excluding hydrogens is 216 g/mol. The topological polar surface area (TPSA) is 89.4 Å². The molecule has 0 bridgehead atoms. The lowest BCUT2D eigenvalue weighted by molar-refractivity contribution is -0.138. The number of oxazole rings is 1. The van der Waals surface area contributed by atoms with Crippen LogP contribution in [0.1, 0.15) is 11.7 Å². The van der Waals surface area contributed by atoms with Gasteiger partial charge >= 0.3 is 5.97 Å². The molecule has 1 aromatic heterocycles. The van der Waals surface area contributed by atoms with Gasteiger partial charge in [0.25, 0.3) is 4.80 Å². The van der Waals surface area contributed by atoms with E-state index in [0.29, 0.717) is 0 Å². The van der Waals surface area contributed by atoms with Crippen LogP contribution in [0.2, 0.25) is 0 Å². The third-order valence-electron chi connectivity index (χ3n) is 1.08. The van der Waals surface area contributed by atoms with E-state index in [1.807, 2.05) is 0 Å². The van der Waals surface area contributed by atoms with E-state index in [1.165, 1.54) is 6.26 Å². The summed E-state index contributed by atoms with van der Waals surface area (Å²) in [5, 5.41) is 8.42. The Bertz CT molecular complexity index is 272. The normalized spacial score (nSPS) is 12.9. The van der Waals surface area contributed by atoms with Crippen molar-refractivity contribution in [3.8, 4) is 0 Å². The number of rotatable bonds is 2. The molecule has 3 N–H and O–H groups in total. The summed E-state index contributed by atoms with van der Waals surface area (Å²) in [4.78, 5) is 14.2. The van der Waals surface area contributed by atoms with Crippen molar-refractivity contribution in [1.29, 1.82) is 0 Å². The predicted octanol–water partition coefficient (Wildman–Crippen LogP) is 0.522. The number of nitrogens with zero attached hydrogens (tertiary/aromatic N) is 1. The summed E-state index contributed by atoms with van der Waals surface area (Å²) in [7, 11) is 0. The van der Waals surface area contributed by atoms with E-state index < -0.39 is 12.0 Å². The fourth-order valence-electron chi connectivity index (χ4n) is 0.533. The number of aromatic nitrogens is 1. The van der Waals surface area contributed by atoms with Gasteiger partial charge in [0.05, 0.1) is 0 Å². The molecule has 5 nitrogen and oxygen atoms in total. The van der Waals surface area contributed by atoms with Crippen LogP contribution in [0.5, 0.6) is 0 Å². The van der Waals surface area contributed by atoms with Crippen LogP contribution in [0.4, 0.5) is 0 Å². The minimum Gasteiger partial charge on any atom is -0.480 e. The highest BCUT2D eigenvalue weighted by Gasteiger charge is 2.17. The van der Waals surface area contributed by atoms with Crippen LogP contribution in [0.3, 0.4) is 0 Å². The van der Waals surface area contributed by atoms with Gasteiger partial charge in [0, 0.05) is 15.9 Å². The largest absolute Gasteiger partial charge is 0.480 e. The smallest absolute Gasteiger partial charge is 0.326 e. The molecule has 60 valence electrons. The van der Waals surface area contributed by atoms with Crippen LogP contribution in [-0.4, -0.2) is 16.1 Å². The number of carboxylic acids is 1. The molecule has 0 saturated heterocycles. The lowest BCUT2D eigenvalue weighted by Crippen LogP contribution is -2.20. The molecule has 0 spiro atoms. The number of halogens is 1. The summed E-state index contributed by atoms with van der Waals surface area (Å²) in [6.07, 6.45) is 1.20. The summed E-state index contributed by atoms with van der Waals surface area (Å²) in [5.41, 5.74) is 5.41. The van der Waals surface area contributed by atoms with E-state index in [9.17, 15) is 4.79 Å². The average Bonchev–Trinajstić information content (AvgIpc) is 2.34. The van der Waals surface area contributed by atoms with Gasteiger partial charge in [-0.2, -0.15) is 0 Å². The fourth-order valence-corrected chi connectivity index (χ4v) is 0.831. The Morgan fingerprint density at radius 2 is 2.55 bits per heavy atom. The SMILES string of the molecule is NC(C(=O)O)c1coc(Br)n1. The van der Waals surface area contributed by atoms with Gasteiger partial charge in [0.2, 0.25) is 0 Å². The number of aliphatic carboxylic acids is 1. The second-order valence-corrected chi connectivity index (χ2v) is 2.52. The average molecular weight is 221 g/mol. The Morgan fingerprint density at radius 3 is 2.91 bits per heavy atom. The van der Waals surface area contributed by atoms with E-state index in [1.54, 1.807) is 0 Å². The van der Waals surface area contributed by atoms with Crippen molar-refractivity contribution in [1.82, 2.24) is 4.98 Å². The van der Waals surface area contributed by atoms with Crippen molar-refractivity contribution in [3.05, 3.63) is 16.8 Å². The highest BCUT2D eigenvalue weighted by Crippen LogP contribution is 2.13. The standard InChI is InChI=1S/C5H5BrN2O3/c6-5-8-2(1-11-5)3(7)4(9)10/h1,3H,7H2,(H,9,10). The second-order valence-electron chi connectivity index (χ2n) is 1.84. The van der Waals surface area contributed by atoms with Crippen molar-refractivity contribution in [2.24, 2.45) is 5.73 Å². The van der Waals surface area contributed by atoms with E-state index in [-0.39, 0.29) is 10.5 Å². The summed E-state index contributed by atoms with van der Waals surface area (Å²) < 4.78 is 4.70. The summed E-state index contributed by atoms with van der Waals surface area (Å²) >= 11 is 2.92. The third kappa shape index (κ3) is 1.78. The zero-order valence-electron chi connectivity index (χ0n) is 5.32. The molecule has 0 aliphatic rings. The number of nitrogens with two attached hydrogens (primary N) is 1. The van der Waals surface area contributed by atoms with Crippen molar-refractivity contribution >= 4 is 21.9 Å². The van der Waals surface area contributed by atoms with E-state index in [4.69, 9.17) is 15.3 Å². The van der Waals surface area contributed by atoms with Crippen molar-refractivity contribution < 1.29 is 14.3 Å². The molecule has 0 amide bonds. The third-order valence-corrected chi connectivity index (χ3v) is 1.44. The van der Waals surface area contributed by atoms with Crippen molar-refractivity contribution in [2.45, 2.75) is 6.04 Å². The summed E-state index contributed by atoms with van der Waals surface area (Å²) in [5.74, 6) is -1.13. The van der Waals surface area contributed by atoms with Crippen molar-refractivity contribution in [2.75, 3.05) is 0 Å². The van der Waals surface area contributed by atoms with Gasteiger partial charge in [-0.05, 0) is 0 Å². The van der Waals surface area contributed by atoms with Gasteiger partial charge < -0.3 is 15.3 Å². The first-order valence-electron chi connectivity index (χ1n) is 2.70. The monoisotopic (exact) mass is 220 g/mol. The molecule has 1 atom stereocenters. The molecule has 0 aromatic carbocycles. The molecule has 0 aliphatic carbocycles. The number of carboxylic acid groups (broad SMARTS) is 1. The van der Waals surface area contributed by atoms with Gasteiger partial charge in [0.15, 0.2) is 0 Å². The first-order chi connectivity index (χ1) is 5.11. The maximum absolute atomic E-state index is 10.3. The molecule has 1 rings (SSSR count). The quantitative estimate of drug-likeness (QED) is 0.759. The van der Waals surface area contributed by atoms with Crippen LogP contribution in [-0.2, 0) is 4.79 Å². The predicted molar refractivity (Wildman–Crippen MR) is 38.8 cm³/mol. The highest BCUT2D eigenvalue weighted by atomic mass is 79.9. The lowest BCUT2D eigenvalue weighted by atomic mass is 10.2. The van der Waals surface area contributed by atoms with Gasteiger partial charge in [-0.3, -0.25) is 4.79 Å². The van der Waals surface area contributed by atoms with Gasteiger partial charge in [-0.1, -0.05) is 0 Å². The number of hydrogen-bond acceptors (Lipinski definition) is 4. The lowest BCUT2D eigenvalue weighted by Gasteiger charge is -1.98. The van der Waals surface area contributed by atoms with E-state index in [0.717, 1.165) is 0 Å². The molecule has 0 saturated carbocycles. The molecule has 0 radical (unpaired) electrons. The maximum Gasteiger partial charge on any atom is 0.326 e. The van der Waals surface area contributed by atoms with E-state index >= 15 is 0 Å². The minimum atomic E-state index is -1.13. The summed E-state index contributed by atoms with van der Waals surface area (Å²) in [6.45, 7) is 0. The Balaban J connectivity index is 2.84. The molecule has 1 aromatic rings.